The second-order valence-corrected chi connectivity index (χ2v) is 3.45. The fraction of sp³-hybridized carbons (Fsp3) is 0. The van der Waals surface area contributed by atoms with Gasteiger partial charge in [-0.1, -0.05) is 41.9 Å². The van der Waals surface area contributed by atoms with Gasteiger partial charge in [-0.05, 0) is 12.1 Å². The first-order valence-corrected chi connectivity index (χ1v) is 4.86. The van der Waals surface area contributed by atoms with Crippen molar-refractivity contribution >= 4 is 47.2 Å². The number of nitrogens with zero attached hydrogens (tertiary/aromatic N) is 1. The van der Waals surface area contributed by atoms with Gasteiger partial charge in [-0.3, -0.25) is 4.79 Å². The van der Waals surface area contributed by atoms with E-state index in [1.807, 2.05) is 18.2 Å². The Morgan fingerprint density at radius 3 is 2.18 bits per heavy atom. The molecular weight excluding hydrogens is 272 g/mol. The summed E-state index contributed by atoms with van der Waals surface area (Å²) in [6, 6.07) is 12.4. The van der Waals surface area contributed by atoms with Crippen LogP contribution in [0, 0.1) is 0 Å². The number of aromatic nitrogens is 1. The van der Waals surface area contributed by atoms with Crippen LogP contribution in [0.15, 0.2) is 48.7 Å². The molecule has 0 saturated heterocycles. The van der Waals surface area contributed by atoms with Crippen LogP contribution in [0.3, 0.4) is 0 Å². The number of rotatable bonds is 2. The number of hydrogen-bond donors (Lipinski definition) is 0. The smallest absolute Gasteiger partial charge is 0.194 e. The van der Waals surface area contributed by atoms with Crippen LogP contribution in [-0.4, -0.2) is 28.1 Å². The topological polar surface area (TPSA) is 30.0 Å². The largest absolute Gasteiger partial charge is 0.289 e. The number of benzene rings is 1. The molecule has 0 atom stereocenters. The molecule has 2 rings (SSSR count). The van der Waals surface area contributed by atoms with Crippen molar-refractivity contribution in [3.8, 4) is 0 Å². The molecular formula is C12H9AlCl2NO. The third-order valence-corrected chi connectivity index (χ3v) is 2.25. The summed E-state index contributed by atoms with van der Waals surface area (Å²) in [4.78, 5) is 15.7. The molecule has 0 aliphatic carbocycles. The summed E-state index contributed by atoms with van der Waals surface area (Å²) in [5.74, 6) is -0.0419. The Kier molecular flexibility index (Phi) is 7.10. The van der Waals surface area contributed by atoms with E-state index in [1.54, 1.807) is 24.3 Å². The summed E-state index contributed by atoms with van der Waals surface area (Å²) in [5, 5.41) is 0.389. The van der Waals surface area contributed by atoms with E-state index in [9.17, 15) is 4.79 Å². The van der Waals surface area contributed by atoms with Crippen LogP contribution in [0.5, 0.6) is 0 Å². The van der Waals surface area contributed by atoms with Crippen molar-refractivity contribution in [2.24, 2.45) is 0 Å². The molecule has 85 valence electrons. The van der Waals surface area contributed by atoms with Gasteiger partial charge in [0, 0.05) is 34.7 Å². The molecule has 0 spiro atoms. The number of halogens is 2. The van der Waals surface area contributed by atoms with E-state index in [0.717, 1.165) is 0 Å². The lowest BCUT2D eigenvalue weighted by Crippen LogP contribution is -2.01. The zero-order valence-electron chi connectivity index (χ0n) is 8.84. The van der Waals surface area contributed by atoms with Gasteiger partial charge in [0.25, 0.3) is 0 Å². The summed E-state index contributed by atoms with van der Waals surface area (Å²) < 4.78 is 0. The Hall–Kier alpha value is -0.848. The van der Waals surface area contributed by atoms with E-state index in [2.05, 4.69) is 4.98 Å². The molecule has 0 aliphatic heterocycles. The van der Waals surface area contributed by atoms with Crippen molar-refractivity contribution in [1.82, 2.24) is 4.98 Å². The van der Waals surface area contributed by atoms with Gasteiger partial charge in [-0.15, -0.1) is 12.4 Å². The van der Waals surface area contributed by atoms with Crippen molar-refractivity contribution in [1.29, 1.82) is 0 Å². The van der Waals surface area contributed by atoms with Gasteiger partial charge >= 0.3 is 0 Å². The molecule has 5 heteroatoms. The first-order valence-electron chi connectivity index (χ1n) is 4.48. The lowest BCUT2D eigenvalue weighted by molar-refractivity contribution is 0.103. The Morgan fingerprint density at radius 2 is 1.65 bits per heavy atom. The molecule has 0 amide bonds. The van der Waals surface area contributed by atoms with Crippen molar-refractivity contribution in [3.05, 3.63) is 64.9 Å². The fourth-order valence-electron chi connectivity index (χ4n) is 1.27. The van der Waals surface area contributed by atoms with E-state index < -0.39 is 0 Å². The van der Waals surface area contributed by atoms with Gasteiger partial charge < -0.3 is 0 Å². The molecule has 1 heterocycles. The third kappa shape index (κ3) is 4.14. The molecule has 3 radical (unpaired) electrons. The Labute approximate surface area is 122 Å². The van der Waals surface area contributed by atoms with Crippen LogP contribution < -0.4 is 0 Å². The Balaban J connectivity index is 0.00000128. The zero-order chi connectivity index (χ0) is 10.7. The Morgan fingerprint density at radius 1 is 1.00 bits per heavy atom. The van der Waals surface area contributed by atoms with Crippen molar-refractivity contribution in [2.45, 2.75) is 0 Å². The number of carbonyl (C=O) groups excluding carboxylic acids is 1. The molecule has 17 heavy (non-hydrogen) atoms. The van der Waals surface area contributed by atoms with Gasteiger partial charge in [0.05, 0.1) is 0 Å². The maximum atomic E-state index is 11.9. The monoisotopic (exact) mass is 280 g/mol. The van der Waals surface area contributed by atoms with Crippen LogP contribution in [-0.2, 0) is 0 Å². The second kappa shape index (κ2) is 7.47. The zero-order valence-corrected chi connectivity index (χ0v) is 11.6. The van der Waals surface area contributed by atoms with Gasteiger partial charge in [-0.25, -0.2) is 4.98 Å². The van der Waals surface area contributed by atoms with Crippen molar-refractivity contribution in [3.63, 3.8) is 0 Å². The summed E-state index contributed by atoms with van der Waals surface area (Å²) in [5.41, 5.74) is 1.20. The van der Waals surface area contributed by atoms with E-state index in [4.69, 9.17) is 11.6 Å². The molecule has 0 fully saturated rings. The SMILES string of the molecule is Cl.O=C(c1ccccc1)c1ccc(Cl)nc1.[Al]. The first-order chi connectivity index (χ1) is 7.27. The standard InChI is InChI=1S/C12H8ClNO.Al.ClH/c13-11-7-6-10(8-14-11)12(15)9-4-2-1-3-5-9;;/h1-8H;;1H. The van der Waals surface area contributed by atoms with E-state index in [0.29, 0.717) is 16.3 Å². The fourth-order valence-corrected chi connectivity index (χ4v) is 1.38. The number of ketones is 1. The quantitative estimate of drug-likeness (QED) is 0.481. The third-order valence-electron chi connectivity index (χ3n) is 2.03. The highest BCUT2D eigenvalue weighted by molar-refractivity contribution is 6.29. The minimum atomic E-state index is -0.0419. The average molecular weight is 281 g/mol. The number of carbonyl (C=O) groups is 1. The van der Waals surface area contributed by atoms with E-state index in [-0.39, 0.29) is 35.6 Å². The molecule has 1 aromatic heterocycles. The summed E-state index contributed by atoms with van der Waals surface area (Å²) in [6.45, 7) is 0. The average Bonchev–Trinajstić information content (AvgIpc) is 2.30. The van der Waals surface area contributed by atoms with Crippen LogP contribution in [0.2, 0.25) is 5.15 Å². The molecule has 0 bridgehead atoms. The van der Waals surface area contributed by atoms with Crippen molar-refractivity contribution in [2.75, 3.05) is 0 Å². The van der Waals surface area contributed by atoms with Gasteiger partial charge in [0.1, 0.15) is 5.15 Å². The predicted octanol–water partition coefficient (Wildman–Crippen LogP) is 3.01. The normalized spacial score (nSPS) is 8.76. The first kappa shape index (κ1) is 16.2. The highest BCUT2D eigenvalue weighted by Gasteiger charge is 2.07. The molecule has 0 saturated carbocycles. The molecule has 0 aliphatic rings. The van der Waals surface area contributed by atoms with Crippen LogP contribution >= 0.6 is 24.0 Å². The van der Waals surface area contributed by atoms with Gasteiger partial charge in [-0.2, -0.15) is 0 Å². The molecule has 2 nitrogen and oxygen atoms in total. The summed E-state index contributed by atoms with van der Waals surface area (Å²) in [7, 11) is 0. The summed E-state index contributed by atoms with van der Waals surface area (Å²) in [6.07, 6.45) is 1.48. The van der Waals surface area contributed by atoms with Crippen molar-refractivity contribution < 1.29 is 4.79 Å². The number of hydrogen-bond acceptors (Lipinski definition) is 2. The van der Waals surface area contributed by atoms with E-state index >= 15 is 0 Å². The van der Waals surface area contributed by atoms with Gasteiger partial charge in [0.15, 0.2) is 5.78 Å². The number of pyridine rings is 1. The van der Waals surface area contributed by atoms with Crippen LogP contribution in [0.4, 0.5) is 0 Å². The highest BCUT2D eigenvalue weighted by Crippen LogP contribution is 2.10. The highest BCUT2D eigenvalue weighted by atomic mass is 35.5. The molecule has 2 aromatic rings. The van der Waals surface area contributed by atoms with Gasteiger partial charge in [0.2, 0.25) is 0 Å². The van der Waals surface area contributed by atoms with E-state index in [1.165, 1.54) is 6.20 Å². The predicted molar refractivity (Wildman–Crippen MR) is 72.1 cm³/mol. The molecule has 1 aromatic carbocycles. The lowest BCUT2D eigenvalue weighted by atomic mass is 10.1. The molecule has 0 unspecified atom stereocenters. The maximum Gasteiger partial charge on any atom is 0.194 e. The Bertz CT molecular complexity index is 474. The minimum absolute atomic E-state index is 0. The van der Waals surface area contributed by atoms with Crippen LogP contribution in [0.1, 0.15) is 15.9 Å². The second-order valence-electron chi connectivity index (χ2n) is 3.06. The lowest BCUT2D eigenvalue weighted by Gasteiger charge is -1.99. The maximum absolute atomic E-state index is 11.9. The van der Waals surface area contributed by atoms with Crippen LogP contribution in [0.25, 0.3) is 0 Å². The summed E-state index contributed by atoms with van der Waals surface area (Å²) >= 11 is 5.64. The minimum Gasteiger partial charge on any atom is -0.289 e. The molecule has 0 N–H and O–H groups in total.